The van der Waals surface area contributed by atoms with Crippen LogP contribution in [0.5, 0.6) is 0 Å². The Morgan fingerprint density at radius 1 is 1.37 bits per heavy atom. The second kappa shape index (κ2) is 7.21. The first-order valence-electron chi connectivity index (χ1n) is 5.59. The molecule has 0 fully saturated rings. The number of carboxylic acid groups (broad SMARTS) is 1. The zero-order valence-electron chi connectivity index (χ0n) is 10.3. The van der Waals surface area contributed by atoms with E-state index in [1.807, 2.05) is 0 Å². The van der Waals surface area contributed by atoms with Crippen molar-refractivity contribution in [2.75, 3.05) is 18.9 Å². The second-order valence-electron chi connectivity index (χ2n) is 3.95. The largest absolute Gasteiger partial charge is 0.481 e. The highest BCUT2D eigenvalue weighted by atomic mass is 35.5. The summed E-state index contributed by atoms with van der Waals surface area (Å²) in [4.78, 5) is 23.6. The van der Waals surface area contributed by atoms with Gasteiger partial charge in [-0.15, -0.1) is 0 Å². The van der Waals surface area contributed by atoms with Gasteiger partial charge in [-0.05, 0) is 18.6 Å². The molecule has 0 saturated heterocycles. The van der Waals surface area contributed by atoms with Gasteiger partial charge in [0.2, 0.25) is 0 Å². The van der Waals surface area contributed by atoms with Crippen molar-refractivity contribution in [1.82, 2.24) is 4.90 Å². The molecular weight excluding hydrogens is 291 g/mol. The fraction of sp³-hybridized carbons (Fsp3) is 0.333. The summed E-state index contributed by atoms with van der Waals surface area (Å²) in [7, 11) is 1.58. The monoisotopic (exact) mass is 304 g/mol. The lowest BCUT2D eigenvalue weighted by Crippen LogP contribution is -2.32. The molecule has 2 amide bonds. The van der Waals surface area contributed by atoms with E-state index >= 15 is 0 Å². The van der Waals surface area contributed by atoms with Gasteiger partial charge in [0.25, 0.3) is 0 Å². The van der Waals surface area contributed by atoms with Crippen LogP contribution in [0.4, 0.5) is 10.5 Å². The Labute approximate surface area is 121 Å². The molecule has 0 heterocycles. The average molecular weight is 305 g/mol. The summed E-state index contributed by atoms with van der Waals surface area (Å²) in [5.74, 6) is -0.883. The maximum Gasteiger partial charge on any atom is 0.321 e. The van der Waals surface area contributed by atoms with E-state index in [0.717, 1.165) is 0 Å². The fourth-order valence-electron chi connectivity index (χ4n) is 1.38. The summed E-state index contributed by atoms with van der Waals surface area (Å²) in [6.07, 6.45) is 0.415. The van der Waals surface area contributed by atoms with Gasteiger partial charge >= 0.3 is 12.0 Å². The Balaban J connectivity index is 2.54. The Bertz CT molecular complexity index is 480. The zero-order valence-corrected chi connectivity index (χ0v) is 11.8. The molecule has 1 aromatic carbocycles. The lowest BCUT2D eigenvalue weighted by Gasteiger charge is -2.18. The van der Waals surface area contributed by atoms with Crippen LogP contribution in [0.15, 0.2) is 18.2 Å². The number of aliphatic carboxylic acids is 1. The maximum absolute atomic E-state index is 11.8. The third-order valence-electron chi connectivity index (χ3n) is 2.42. The van der Waals surface area contributed by atoms with E-state index in [2.05, 4.69) is 5.32 Å². The van der Waals surface area contributed by atoms with E-state index in [4.69, 9.17) is 28.3 Å². The van der Waals surface area contributed by atoms with Crippen molar-refractivity contribution in [3.8, 4) is 0 Å². The molecule has 1 aromatic rings. The second-order valence-corrected chi connectivity index (χ2v) is 4.74. The molecule has 0 aliphatic rings. The number of benzene rings is 1. The Morgan fingerprint density at radius 3 is 2.68 bits per heavy atom. The predicted molar refractivity (Wildman–Crippen MR) is 75.0 cm³/mol. The third kappa shape index (κ3) is 4.96. The maximum atomic E-state index is 11.8. The van der Waals surface area contributed by atoms with E-state index in [1.54, 1.807) is 25.2 Å². The van der Waals surface area contributed by atoms with Crippen LogP contribution in [-0.4, -0.2) is 35.6 Å². The highest BCUT2D eigenvalue weighted by Gasteiger charge is 2.12. The van der Waals surface area contributed by atoms with Gasteiger partial charge in [-0.25, -0.2) is 4.79 Å². The van der Waals surface area contributed by atoms with Crippen molar-refractivity contribution in [1.29, 1.82) is 0 Å². The number of hydrogen-bond acceptors (Lipinski definition) is 2. The quantitative estimate of drug-likeness (QED) is 0.876. The molecule has 1 rings (SSSR count). The number of anilines is 1. The molecule has 0 aliphatic heterocycles. The van der Waals surface area contributed by atoms with E-state index in [0.29, 0.717) is 23.7 Å². The molecule has 7 heteroatoms. The first kappa shape index (κ1) is 15.6. The van der Waals surface area contributed by atoms with Crippen LogP contribution in [0.25, 0.3) is 0 Å². The Morgan fingerprint density at radius 2 is 2.05 bits per heavy atom. The smallest absolute Gasteiger partial charge is 0.321 e. The summed E-state index contributed by atoms with van der Waals surface area (Å²) in [6.45, 7) is 0.344. The Hall–Kier alpha value is -1.46. The highest BCUT2D eigenvalue weighted by molar-refractivity contribution is 6.43. The molecule has 5 nitrogen and oxygen atoms in total. The standard InChI is InChI=1S/C12H14Cl2N2O3/c1-16(7-3-6-10(17)18)12(19)15-9-5-2-4-8(13)11(9)14/h2,4-5H,3,6-7H2,1H3,(H,15,19)(H,17,18). The summed E-state index contributed by atoms with van der Waals surface area (Å²) in [5.41, 5.74) is 0.421. The molecule has 0 aromatic heterocycles. The first-order valence-corrected chi connectivity index (χ1v) is 6.35. The minimum Gasteiger partial charge on any atom is -0.481 e. The zero-order chi connectivity index (χ0) is 14.4. The molecule has 0 atom stereocenters. The minimum atomic E-state index is -0.883. The van der Waals surface area contributed by atoms with Gasteiger partial charge in [0.1, 0.15) is 0 Å². The minimum absolute atomic E-state index is 0.0234. The summed E-state index contributed by atoms with van der Waals surface area (Å²) in [5, 5.41) is 11.8. The predicted octanol–water partition coefficient (Wildman–Crippen LogP) is 3.32. The van der Waals surface area contributed by atoms with Crippen LogP contribution in [0.3, 0.4) is 0 Å². The molecule has 0 radical (unpaired) electrons. The van der Waals surface area contributed by atoms with Crippen molar-refractivity contribution in [3.63, 3.8) is 0 Å². The number of amides is 2. The first-order chi connectivity index (χ1) is 8.91. The summed E-state index contributed by atoms with van der Waals surface area (Å²) in [6, 6.07) is 4.57. The molecule has 19 heavy (non-hydrogen) atoms. The molecule has 0 saturated carbocycles. The van der Waals surface area contributed by atoms with Crippen LogP contribution in [-0.2, 0) is 4.79 Å². The van der Waals surface area contributed by atoms with E-state index in [-0.39, 0.29) is 17.5 Å². The SMILES string of the molecule is CN(CCCC(=O)O)C(=O)Nc1cccc(Cl)c1Cl. The molecule has 2 N–H and O–H groups in total. The van der Waals surface area contributed by atoms with Crippen LogP contribution in [0.2, 0.25) is 10.0 Å². The lowest BCUT2D eigenvalue weighted by atomic mass is 10.3. The molecule has 0 spiro atoms. The van der Waals surface area contributed by atoms with Gasteiger partial charge < -0.3 is 15.3 Å². The number of carbonyl (C=O) groups is 2. The van der Waals surface area contributed by atoms with Gasteiger partial charge in [0, 0.05) is 20.0 Å². The van der Waals surface area contributed by atoms with Crippen LogP contribution >= 0.6 is 23.2 Å². The van der Waals surface area contributed by atoms with Crippen LogP contribution in [0.1, 0.15) is 12.8 Å². The summed E-state index contributed by atoms with van der Waals surface area (Å²) >= 11 is 11.8. The van der Waals surface area contributed by atoms with Crippen molar-refractivity contribution >= 4 is 40.9 Å². The topological polar surface area (TPSA) is 69.6 Å². The van der Waals surface area contributed by atoms with E-state index < -0.39 is 5.97 Å². The molecule has 0 aliphatic carbocycles. The number of hydrogen-bond donors (Lipinski definition) is 2. The van der Waals surface area contributed by atoms with E-state index in [9.17, 15) is 9.59 Å². The van der Waals surface area contributed by atoms with Gasteiger partial charge in [-0.1, -0.05) is 29.3 Å². The molecule has 0 bridgehead atoms. The van der Waals surface area contributed by atoms with Crippen LogP contribution < -0.4 is 5.32 Å². The van der Waals surface area contributed by atoms with Gasteiger partial charge in [-0.3, -0.25) is 4.79 Å². The summed E-state index contributed by atoms with van der Waals surface area (Å²) < 4.78 is 0. The Kier molecular flexibility index (Phi) is 5.92. The number of carboxylic acids is 1. The number of carbonyl (C=O) groups excluding carboxylic acids is 1. The van der Waals surface area contributed by atoms with Gasteiger partial charge in [0.15, 0.2) is 0 Å². The number of nitrogens with one attached hydrogen (secondary N) is 1. The average Bonchev–Trinajstić information content (AvgIpc) is 2.34. The third-order valence-corrected chi connectivity index (χ3v) is 3.24. The number of rotatable bonds is 5. The molecule has 104 valence electrons. The van der Waals surface area contributed by atoms with Crippen molar-refractivity contribution in [3.05, 3.63) is 28.2 Å². The van der Waals surface area contributed by atoms with Gasteiger partial charge in [0.05, 0.1) is 15.7 Å². The van der Waals surface area contributed by atoms with Gasteiger partial charge in [-0.2, -0.15) is 0 Å². The number of urea groups is 1. The fourth-order valence-corrected chi connectivity index (χ4v) is 1.73. The molecular formula is C12H14Cl2N2O3. The van der Waals surface area contributed by atoms with Crippen molar-refractivity contribution < 1.29 is 14.7 Å². The van der Waals surface area contributed by atoms with Crippen LogP contribution in [0, 0.1) is 0 Å². The number of nitrogens with zero attached hydrogens (tertiary/aromatic N) is 1. The van der Waals surface area contributed by atoms with Crippen molar-refractivity contribution in [2.45, 2.75) is 12.8 Å². The van der Waals surface area contributed by atoms with Crippen molar-refractivity contribution in [2.24, 2.45) is 0 Å². The molecule has 0 unspecified atom stereocenters. The lowest BCUT2D eigenvalue weighted by molar-refractivity contribution is -0.137. The highest BCUT2D eigenvalue weighted by Crippen LogP contribution is 2.29. The van der Waals surface area contributed by atoms with E-state index in [1.165, 1.54) is 4.90 Å². The number of halogens is 2. The normalized spacial score (nSPS) is 10.1.